The first-order valence-electron chi connectivity index (χ1n) is 6.92. The van der Waals surface area contributed by atoms with Crippen LogP contribution in [0.1, 0.15) is 41.3 Å². The predicted molar refractivity (Wildman–Crippen MR) is 76.3 cm³/mol. The standard InChI is InChI=1S/C14H22N2O2S/c1-11-12(19-13(15-11)10-18-2)9-14(17)16-7-5-3-4-6-8-16/h3-10H2,1-2H3. The maximum atomic E-state index is 12.3. The number of nitrogens with zero attached hydrogens (tertiary/aromatic N) is 2. The van der Waals surface area contributed by atoms with Crippen LogP contribution in [0.2, 0.25) is 0 Å². The van der Waals surface area contributed by atoms with Gasteiger partial charge in [0.15, 0.2) is 0 Å². The van der Waals surface area contributed by atoms with Crippen molar-refractivity contribution in [3.63, 3.8) is 0 Å². The minimum atomic E-state index is 0.248. The Labute approximate surface area is 118 Å². The fraction of sp³-hybridized carbons (Fsp3) is 0.714. The number of carbonyl (C=O) groups excluding carboxylic acids is 1. The zero-order valence-corrected chi connectivity index (χ0v) is 12.6. The first kappa shape index (κ1) is 14.5. The molecule has 1 fully saturated rings. The van der Waals surface area contributed by atoms with E-state index in [2.05, 4.69) is 4.98 Å². The molecule has 1 amide bonds. The number of hydrogen-bond donors (Lipinski definition) is 0. The van der Waals surface area contributed by atoms with Crippen LogP contribution in [-0.4, -0.2) is 36.0 Å². The van der Waals surface area contributed by atoms with E-state index in [1.807, 2.05) is 11.8 Å². The molecule has 0 unspecified atom stereocenters. The van der Waals surface area contributed by atoms with E-state index in [1.54, 1.807) is 18.4 Å². The Hall–Kier alpha value is -0.940. The van der Waals surface area contributed by atoms with Gasteiger partial charge in [0.1, 0.15) is 5.01 Å². The first-order valence-corrected chi connectivity index (χ1v) is 7.74. The fourth-order valence-corrected chi connectivity index (χ4v) is 3.44. The summed E-state index contributed by atoms with van der Waals surface area (Å²) in [7, 11) is 1.67. The van der Waals surface area contributed by atoms with E-state index in [1.165, 1.54) is 12.8 Å². The van der Waals surface area contributed by atoms with Gasteiger partial charge in [-0.3, -0.25) is 4.79 Å². The first-order chi connectivity index (χ1) is 9.20. The number of rotatable bonds is 4. The Balaban J connectivity index is 1.97. The third kappa shape index (κ3) is 4.01. The van der Waals surface area contributed by atoms with Crippen molar-refractivity contribution in [1.29, 1.82) is 0 Å². The van der Waals surface area contributed by atoms with Crippen LogP contribution in [-0.2, 0) is 22.6 Å². The maximum absolute atomic E-state index is 12.3. The largest absolute Gasteiger partial charge is 0.378 e. The number of aromatic nitrogens is 1. The van der Waals surface area contributed by atoms with Crippen LogP contribution in [0.3, 0.4) is 0 Å². The highest BCUT2D eigenvalue weighted by molar-refractivity contribution is 7.11. The Morgan fingerprint density at radius 2 is 2.00 bits per heavy atom. The topological polar surface area (TPSA) is 42.4 Å². The molecule has 1 aliphatic rings. The highest BCUT2D eigenvalue weighted by atomic mass is 32.1. The summed E-state index contributed by atoms with van der Waals surface area (Å²) in [5.74, 6) is 0.248. The van der Waals surface area contributed by atoms with Gasteiger partial charge in [-0.2, -0.15) is 0 Å². The minimum absolute atomic E-state index is 0.248. The lowest BCUT2D eigenvalue weighted by molar-refractivity contribution is -0.130. The number of carbonyl (C=O) groups is 1. The van der Waals surface area contributed by atoms with Crippen LogP contribution in [0.25, 0.3) is 0 Å². The average molecular weight is 282 g/mol. The molecule has 0 atom stereocenters. The summed E-state index contributed by atoms with van der Waals surface area (Å²) in [4.78, 5) is 19.9. The molecule has 0 aliphatic carbocycles. The van der Waals surface area contributed by atoms with Crippen molar-refractivity contribution >= 4 is 17.2 Å². The summed E-state index contributed by atoms with van der Waals surface area (Å²) in [5.41, 5.74) is 0.972. The molecule has 1 aromatic heterocycles. The molecule has 1 aromatic rings. The van der Waals surface area contributed by atoms with Gasteiger partial charge in [0.25, 0.3) is 0 Å². The molecule has 19 heavy (non-hydrogen) atoms. The smallest absolute Gasteiger partial charge is 0.227 e. The molecule has 1 saturated heterocycles. The Morgan fingerprint density at radius 3 is 2.63 bits per heavy atom. The number of ether oxygens (including phenoxy) is 1. The van der Waals surface area contributed by atoms with Gasteiger partial charge in [0.05, 0.1) is 18.7 Å². The molecule has 106 valence electrons. The summed E-state index contributed by atoms with van der Waals surface area (Å²) in [6.45, 7) is 4.34. The van der Waals surface area contributed by atoms with Gasteiger partial charge in [-0.1, -0.05) is 12.8 Å². The SMILES string of the molecule is COCc1nc(C)c(CC(=O)N2CCCCCC2)s1. The number of thiazole rings is 1. The lowest BCUT2D eigenvalue weighted by atomic mass is 10.2. The number of methoxy groups -OCH3 is 1. The van der Waals surface area contributed by atoms with Crippen molar-refractivity contribution in [3.8, 4) is 0 Å². The second-order valence-corrected chi connectivity index (χ2v) is 6.19. The lowest BCUT2D eigenvalue weighted by Gasteiger charge is -2.19. The molecule has 1 aliphatic heterocycles. The van der Waals surface area contributed by atoms with E-state index in [0.29, 0.717) is 13.0 Å². The van der Waals surface area contributed by atoms with Crippen LogP contribution in [0, 0.1) is 6.92 Å². The second kappa shape index (κ2) is 7.01. The molecule has 0 aromatic carbocycles. The quantitative estimate of drug-likeness (QED) is 0.852. The summed E-state index contributed by atoms with van der Waals surface area (Å²) >= 11 is 1.60. The normalized spacial score (nSPS) is 16.4. The number of amides is 1. The van der Waals surface area contributed by atoms with E-state index in [4.69, 9.17) is 4.74 Å². The van der Waals surface area contributed by atoms with Crippen LogP contribution in [0.5, 0.6) is 0 Å². The molecule has 5 heteroatoms. The van der Waals surface area contributed by atoms with Crippen LogP contribution in [0.15, 0.2) is 0 Å². The van der Waals surface area contributed by atoms with Crippen LogP contribution in [0.4, 0.5) is 0 Å². The van der Waals surface area contributed by atoms with Crippen LogP contribution >= 0.6 is 11.3 Å². The molecule has 0 spiro atoms. The minimum Gasteiger partial charge on any atom is -0.378 e. The van der Waals surface area contributed by atoms with E-state index < -0.39 is 0 Å². The van der Waals surface area contributed by atoms with E-state index in [0.717, 1.165) is 41.5 Å². The van der Waals surface area contributed by atoms with Gasteiger partial charge in [0, 0.05) is 25.1 Å². The van der Waals surface area contributed by atoms with Crippen molar-refractivity contribution in [2.24, 2.45) is 0 Å². The molecule has 2 rings (SSSR count). The molecule has 0 saturated carbocycles. The van der Waals surface area contributed by atoms with Gasteiger partial charge in [-0.05, 0) is 19.8 Å². The van der Waals surface area contributed by atoms with Crippen LogP contribution < -0.4 is 0 Å². The fourth-order valence-electron chi connectivity index (χ4n) is 2.41. The maximum Gasteiger partial charge on any atom is 0.227 e. The third-order valence-corrected chi connectivity index (χ3v) is 4.61. The second-order valence-electron chi connectivity index (χ2n) is 5.02. The molecule has 0 radical (unpaired) electrons. The van der Waals surface area contributed by atoms with Crippen molar-refractivity contribution in [3.05, 3.63) is 15.6 Å². The molecular weight excluding hydrogens is 260 g/mol. The number of hydrogen-bond acceptors (Lipinski definition) is 4. The Kier molecular flexibility index (Phi) is 5.34. The van der Waals surface area contributed by atoms with Gasteiger partial charge >= 0.3 is 0 Å². The number of aryl methyl sites for hydroxylation is 1. The molecule has 0 bridgehead atoms. The summed E-state index contributed by atoms with van der Waals surface area (Å²) in [6, 6.07) is 0. The predicted octanol–water partition coefficient (Wildman–Crippen LogP) is 2.54. The van der Waals surface area contributed by atoms with Crippen molar-refractivity contribution < 1.29 is 9.53 Å². The zero-order chi connectivity index (χ0) is 13.7. The van der Waals surface area contributed by atoms with Crippen molar-refractivity contribution in [1.82, 2.24) is 9.88 Å². The summed E-state index contributed by atoms with van der Waals surface area (Å²) in [6.07, 6.45) is 5.28. The van der Waals surface area contributed by atoms with Gasteiger partial charge < -0.3 is 9.64 Å². The summed E-state index contributed by atoms with van der Waals surface area (Å²) in [5, 5.41) is 0.957. The highest BCUT2D eigenvalue weighted by Crippen LogP contribution is 2.20. The van der Waals surface area contributed by atoms with Gasteiger partial charge in [0.2, 0.25) is 5.91 Å². The van der Waals surface area contributed by atoms with Crippen molar-refractivity contribution in [2.75, 3.05) is 20.2 Å². The van der Waals surface area contributed by atoms with E-state index in [-0.39, 0.29) is 5.91 Å². The average Bonchev–Trinajstić information content (AvgIpc) is 2.60. The van der Waals surface area contributed by atoms with Gasteiger partial charge in [-0.15, -0.1) is 11.3 Å². The molecule has 4 nitrogen and oxygen atoms in total. The van der Waals surface area contributed by atoms with E-state index >= 15 is 0 Å². The monoisotopic (exact) mass is 282 g/mol. The zero-order valence-electron chi connectivity index (χ0n) is 11.8. The Bertz CT molecular complexity index is 423. The molecule has 2 heterocycles. The lowest BCUT2D eigenvalue weighted by Crippen LogP contribution is -2.33. The Morgan fingerprint density at radius 1 is 1.32 bits per heavy atom. The highest BCUT2D eigenvalue weighted by Gasteiger charge is 2.18. The van der Waals surface area contributed by atoms with Crippen molar-refractivity contribution in [2.45, 2.75) is 45.6 Å². The van der Waals surface area contributed by atoms with E-state index in [9.17, 15) is 4.79 Å². The summed E-state index contributed by atoms with van der Waals surface area (Å²) < 4.78 is 5.09. The number of likely N-dealkylation sites (tertiary alicyclic amines) is 1. The molecular formula is C14H22N2O2S. The van der Waals surface area contributed by atoms with Gasteiger partial charge in [-0.25, -0.2) is 4.98 Å². The molecule has 0 N–H and O–H groups in total. The third-order valence-electron chi connectivity index (χ3n) is 3.48.